The van der Waals surface area contributed by atoms with Crippen LogP contribution in [0.1, 0.15) is 31.5 Å². The molecule has 5 N–H and O–H groups in total. The summed E-state index contributed by atoms with van der Waals surface area (Å²) in [5.74, 6) is 0.760. The zero-order chi connectivity index (χ0) is 15.4. The summed E-state index contributed by atoms with van der Waals surface area (Å²) in [6.07, 6.45) is 4.00. The van der Waals surface area contributed by atoms with E-state index in [0.29, 0.717) is 0 Å². The number of benzene rings is 1. The molecule has 21 heavy (non-hydrogen) atoms. The highest BCUT2D eigenvalue weighted by molar-refractivity contribution is 9.15. The Balaban J connectivity index is 2.22. The summed E-state index contributed by atoms with van der Waals surface area (Å²) in [5, 5.41) is 0. The van der Waals surface area contributed by atoms with E-state index in [1.165, 1.54) is 0 Å². The van der Waals surface area contributed by atoms with Crippen LogP contribution < -0.4 is 11.5 Å². The molecule has 1 aromatic heterocycles. The predicted molar refractivity (Wildman–Crippen MR) is 99.2 cm³/mol. The lowest BCUT2D eigenvalue weighted by Crippen LogP contribution is -2.55. The van der Waals surface area contributed by atoms with Crippen LogP contribution in [-0.4, -0.2) is 16.0 Å². The normalized spacial score (nSPS) is 26.5. The van der Waals surface area contributed by atoms with Gasteiger partial charge < -0.3 is 16.5 Å². The van der Waals surface area contributed by atoms with Crippen molar-refractivity contribution in [3.8, 4) is 0 Å². The molecule has 1 heterocycles. The number of nitrogens with one attached hydrogen (secondary N) is 1. The molecule has 2 unspecified atom stereocenters. The van der Waals surface area contributed by atoms with Crippen molar-refractivity contribution < 1.29 is 0 Å². The smallest absolute Gasteiger partial charge is 0.129 e. The second-order valence-electron chi connectivity index (χ2n) is 5.46. The summed E-state index contributed by atoms with van der Waals surface area (Å²) in [6, 6.07) is -0.0729. The van der Waals surface area contributed by atoms with Crippen LogP contribution in [-0.2, 0) is 5.54 Å². The van der Waals surface area contributed by atoms with E-state index in [-0.39, 0.29) is 6.04 Å². The average Bonchev–Trinajstić information content (AvgIpc) is 2.92. The standard InChI is InChI=1S/C13H14Br4N4/c14-6-7(15)9(17)11-10(8(6)16)20-12(21-11)13(19)4-2-1-3-5(13)18/h5H,1-4,18-19H2,(H,20,21). The molecule has 4 nitrogen and oxygen atoms in total. The van der Waals surface area contributed by atoms with Gasteiger partial charge in [0.1, 0.15) is 11.3 Å². The van der Waals surface area contributed by atoms with E-state index in [1.54, 1.807) is 0 Å². The highest BCUT2D eigenvalue weighted by Gasteiger charge is 2.39. The number of H-pyrrole nitrogens is 1. The van der Waals surface area contributed by atoms with Crippen LogP contribution in [0.5, 0.6) is 0 Å². The van der Waals surface area contributed by atoms with Gasteiger partial charge in [-0.15, -0.1) is 0 Å². The number of rotatable bonds is 1. The van der Waals surface area contributed by atoms with E-state index < -0.39 is 5.54 Å². The topological polar surface area (TPSA) is 80.7 Å². The molecule has 0 radical (unpaired) electrons. The fourth-order valence-corrected chi connectivity index (χ4v) is 5.12. The molecule has 2 atom stereocenters. The Hall–Kier alpha value is 0.530. The van der Waals surface area contributed by atoms with Crippen molar-refractivity contribution in [2.45, 2.75) is 37.3 Å². The Kier molecular flexibility index (Phi) is 4.58. The molecule has 8 heteroatoms. The molecular formula is C13H14Br4N4. The van der Waals surface area contributed by atoms with Crippen molar-refractivity contribution in [3.63, 3.8) is 0 Å². The summed E-state index contributed by atoms with van der Waals surface area (Å²) in [7, 11) is 0. The Labute approximate surface area is 156 Å². The molecule has 1 fully saturated rings. The minimum Gasteiger partial charge on any atom is -0.339 e. The fourth-order valence-electron chi connectivity index (χ4n) is 2.84. The number of hydrogen-bond donors (Lipinski definition) is 3. The lowest BCUT2D eigenvalue weighted by molar-refractivity contribution is 0.245. The third kappa shape index (κ3) is 2.55. The van der Waals surface area contributed by atoms with E-state index in [0.717, 1.165) is 60.4 Å². The molecule has 1 aliphatic rings. The van der Waals surface area contributed by atoms with Gasteiger partial charge in [0.15, 0.2) is 0 Å². The first kappa shape index (κ1) is 16.4. The molecule has 0 amide bonds. The van der Waals surface area contributed by atoms with Crippen LogP contribution in [0, 0.1) is 0 Å². The van der Waals surface area contributed by atoms with Gasteiger partial charge in [-0.05, 0) is 76.6 Å². The van der Waals surface area contributed by atoms with E-state index in [9.17, 15) is 0 Å². The van der Waals surface area contributed by atoms with Crippen LogP contribution in [0.4, 0.5) is 0 Å². The van der Waals surface area contributed by atoms with Crippen LogP contribution in [0.3, 0.4) is 0 Å². The minimum absolute atomic E-state index is 0.0729. The molecule has 0 spiro atoms. The van der Waals surface area contributed by atoms with Gasteiger partial charge in [-0.1, -0.05) is 12.8 Å². The van der Waals surface area contributed by atoms with Crippen molar-refractivity contribution in [1.29, 1.82) is 0 Å². The Morgan fingerprint density at radius 2 is 1.71 bits per heavy atom. The summed E-state index contributed by atoms with van der Waals surface area (Å²) >= 11 is 14.3. The number of hydrogen-bond acceptors (Lipinski definition) is 3. The van der Waals surface area contributed by atoms with Crippen LogP contribution in [0.15, 0.2) is 17.9 Å². The third-order valence-electron chi connectivity index (χ3n) is 4.17. The number of imidazole rings is 1. The van der Waals surface area contributed by atoms with Crippen LogP contribution >= 0.6 is 63.7 Å². The molecule has 2 aromatic rings. The summed E-state index contributed by atoms with van der Waals surface area (Å²) in [5.41, 5.74) is 14.0. The molecule has 114 valence electrons. The summed E-state index contributed by atoms with van der Waals surface area (Å²) < 4.78 is 3.65. The van der Waals surface area contributed by atoms with E-state index >= 15 is 0 Å². The maximum Gasteiger partial charge on any atom is 0.129 e. The molecular weight excluding hydrogens is 532 g/mol. The second kappa shape index (κ2) is 5.87. The number of aromatic nitrogens is 2. The van der Waals surface area contributed by atoms with Crippen molar-refractivity contribution >= 4 is 74.8 Å². The fraction of sp³-hybridized carbons (Fsp3) is 0.462. The molecule has 3 rings (SSSR count). The first-order valence-corrected chi connectivity index (χ1v) is 9.80. The van der Waals surface area contributed by atoms with Gasteiger partial charge in [-0.2, -0.15) is 0 Å². The monoisotopic (exact) mass is 542 g/mol. The van der Waals surface area contributed by atoms with Gasteiger partial charge in [-0.25, -0.2) is 4.98 Å². The third-order valence-corrected chi connectivity index (χ3v) is 8.91. The highest BCUT2D eigenvalue weighted by atomic mass is 79.9. The lowest BCUT2D eigenvalue weighted by atomic mass is 9.78. The first-order chi connectivity index (χ1) is 9.86. The quantitative estimate of drug-likeness (QED) is 0.360. The number of nitrogens with zero attached hydrogens (tertiary/aromatic N) is 1. The van der Waals surface area contributed by atoms with Crippen molar-refractivity contribution in [2.24, 2.45) is 11.5 Å². The Morgan fingerprint density at radius 3 is 2.38 bits per heavy atom. The van der Waals surface area contributed by atoms with Crippen LogP contribution in [0.2, 0.25) is 0 Å². The maximum atomic E-state index is 6.59. The van der Waals surface area contributed by atoms with Crippen LogP contribution in [0.25, 0.3) is 11.0 Å². The zero-order valence-corrected chi connectivity index (χ0v) is 17.4. The van der Waals surface area contributed by atoms with Gasteiger partial charge in [0.25, 0.3) is 0 Å². The summed E-state index contributed by atoms with van der Waals surface area (Å²) in [4.78, 5) is 8.10. The maximum absolute atomic E-state index is 6.59. The predicted octanol–water partition coefficient (Wildman–Crippen LogP) is 4.67. The largest absolute Gasteiger partial charge is 0.339 e. The van der Waals surface area contributed by atoms with Gasteiger partial charge in [0.05, 0.1) is 20.0 Å². The lowest BCUT2D eigenvalue weighted by Gasteiger charge is -2.37. The van der Waals surface area contributed by atoms with Gasteiger partial charge in [0, 0.05) is 15.0 Å². The Bertz CT molecular complexity index is 669. The molecule has 1 aromatic carbocycles. The second-order valence-corrected chi connectivity index (χ2v) is 8.63. The zero-order valence-electron chi connectivity index (χ0n) is 11.0. The Morgan fingerprint density at radius 1 is 1.05 bits per heavy atom. The molecule has 0 saturated heterocycles. The minimum atomic E-state index is -0.588. The van der Waals surface area contributed by atoms with Gasteiger partial charge in [-0.3, -0.25) is 0 Å². The number of aromatic amines is 1. The van der Waals surface area contributed by atoms with Crippen molar-refractivity contribution in [1.82, 2.24) is 9.97 Å². The number of nitrogens with two attached hydrogens (primary N) is 2. The number of halogens is 4. The van der Waals surface area contributed by atoms with Crippen molar-refractivity contribution in [3.05, 3.63) is 23.7 Å². The van der Waals surface area contributed by atoms with E-state index in [1.807, 2.05) is 0 Å². The average molecular weight is 546 g/mol. The SMILES string of the molecule is NC1CCCCC1(N)c1nc2c(Br)c(Br)c(Br)c(Br)c2[nH]1. The molecule has 1 aliphatic carbocycles. The molecule has 0 aliphatic heterocycles. The summed E-state index contributed by atoms with van der Waals surface area (Å²) in [6.45, 7) is 0. The highest BCUT2D eigenvalue weighted by Crippen LogP contribution is 2.44. The first-order valence-electron chi connectivity index (χ1n) is 6.63. The van der Waals surface area contributed by atoms with E-state index in [2.05, 4.69) is 68.7 Å². The van der Waals surface area contributed by atoms with Gasteiger partial charge >= 0.3 is 0 Å². The van der Waals surface area contributed by atoms with Gasteiger partial charge in [0.2, 0.25) is 0 Å². The van der Waals surface area contributed by atoms with Crippen molar-refractivity contribution in [2.75, 3.05) is 0 Å². The molecule has 0 bridgehead atoms. The van der Waals surface area contributed by atoms with E-state index in [4.69, 9.17) is 16.5 Å². The molecule has 1 saturated carbocycles. The number of fused-ring (bicyclic) bond motifs is 1.